The lowest BCUT2D eigenvalue weighted by molar-refractivity contribution is 0.247. The quantitative estimate of drug-likeness (QED) is 0.855. The van der Waals surface area contributed by atoms with Gasteiger partial charge in [0.25, 0.3) is 0 Å². The predicted molar refractivity (Wildman–Crippen MR) is 68.4 cm³/mol. The number of rotatable bonds is 6. The van der Waals surface area contributed by atoms with Crippen LogP contribution in [-0.2, 0) is 10.0 Å². The van der Waals surface area contributed by atoms with Gasteiger partial charge in [-0.25, -0.2) is 17.9 Å². The van der Waals surface area contributed by atoms with Crippen molar-refractivity contribution in [3.8, 4) is 11.8 Å². The van der Waals surface area contributed by atoms with Crippen molar-refractivity contribution in [3.63, 3.8) is 0 Å². The highest BCUT2D eigenvalue weighted by atomic mass is 32.2. The molecule has 0 bridgehead atoms. The number of halogens is 1. The molecule has 0 amide bonds. The third-order valence-electron chi connectivity index (χ3n) is 2.58. The Morgan fingerprint density at radius 1 is 1.53 bits per heavy atom. The van der Waals surface area contributed by atoms with Crippen LogP contribution in [0, 0.1) is 23.1 Å². The fraction of sp³-hybridized carbons (Fsp3) is 0.417. The SMILES string of the molecule is CCC(COc1ccc(C#N)cc1F)CS(N)(=O)=O. The van der Waals surface area contributed by atoms with Crippen LogP contribution in [0.25, 0.3) is 0 Å². The molecule has 104 valence electrons. The zero-order valence-electron chi connectivity index (χ0n) is 10.5. The summed E-state index contributed by atoms with van der Waals surface area (Å²) in [6.45, 7) is 1.85. The van der Waals surface area contributed by atoms with Crippen LogP contribution in [0.4, 0.5) is 4.39 Å². The second-order valence-electron chi connectivity index (χ2n) is 4.17. The highest BCUT2D eigenvalue weighted by Crippen LogP contribution is 2.19. The van der Waals surface area contributed by atoms with Gasteiger partial charge in [0.05, 0.1) is 24.0 Å². The monoisotopic (exact) mass is 286 g/mol. The van der Waals surface area contributed by atoms with Crippen molar-refractivity contribution >= 4 is 10.0 Å². The Bertz CT molecular complexity index is 581. The number of nitrogens with two attached hydrogens (primary N) is 1. The molecule has 2 N–H and O–H groups in total. The van der Waals surface area contributed by atoms with Gasteiger partial charge in [0, 0.05) is 5.92 Å². The maximum Gasteiger partial charge on any atom is 0.209 e. The number of ether oxygens (including phenoxy) is 1. The summed E-state index contributed by atoms with van der Waals surface area (Å²) < 4.78 is 40.7. The van der Waals surface area contributed by atoms with E-state index in [0.29, 0.717) is 6.42 Å². The molecule has 1 unspecified atom stereocenters. The molecule has 0 aliphatic heterocycles. The highest BCUT2D eigenvalue weighted by molar-refractivity contribution is 7.89. The van der Waals surface area contributed by atoms with Gasteiger partial charge in [-0.3, -0.25) is 0 Å². The summed E-state index contributed by atoms with van der Waals surface area (Å²) in [4.78, 5) is 0. The summed E-state index contributed by atoms with van der Waals surface area (Å²) in [5.74, 6) is -1.16. The molecule has 0 fully saturated rings. The molecule has 1 atom stereocenters. The molecule has 19 heavy (non-hydrogen) atoms. The lowest BCUT2D eigenvalue weighted by Crippen LogP contribution is -2.26. The van der Waals surface area contributed by atoms with Gasteiger partial charge >= 0.3 is 0 Å². The summed E-state index contributed by atoms with van der Waals surface area (Å²) in [5, 5.41) is 13.6. The van der Waals surface area contributed by atoms with Crippen molar-refractivity contribution in [3.05, 3.63) is 29.6 Å². The fourth-order valence-electron chi connectivity index (χ4n) is 1.51. The number of nitriles is 1. The van der Waals surface area contributed by atoms with Crippen molar-refractivity contribution in [1.82, 2.24) is 0 Å². The van der Waals surface area contributed by atoms with Crippen LogP contribution >= 0.6 is 0 Å². The second kappa shape index (κ2) is 6.50. The molecular formula is C12H15FN2O3S. The number of hydrogen-bond donors (Lipinski definition) is 1. The largest absolute Gasteiger partial charge is 0.490 e. The van der Waals surface area contributed by atoms with Crippen molar-refractivity contribution in [2.75, 3.05) is 12.4 Å². The minimum Gasteiger partial charge on any atom is -0.490 e. The Morgan fingerprint density at radius 3 is 2.68 bits per heavy atom. The van der Waals surface area contributed by atoms with Gasteiger partial charge in [-0.1, -0.05) is 6.92 Å². The van der Waals surface area contributed by atoms with Crippen LogP contribution in [0.5, 0.6) is 5.75 Å². The third kappa shape index (κ3) is 5.24. The Morgan fingerprint density at radius 2 is 2.21 bits per heavy atom. The number of hydrogen-bond acceptors (Lipinski definition) is 4. The van der Waals surface area contributed by atoms with E-state index in [1.165, 1.54) is 12.1 Å². The van der Waals surface area contributed by atoms with Gasteiger partial charge in [-0.05, 0) is 24.6 Å². The van der Waals surface area contributed by atoms with Crippen LogP contribution in [0.2, 0.25) is 0 Å². The molecule has 7 heteroatoms. The summed E-state index contributed by atoms with van der Waals surface area (Å²) in [7, 11) is -3.58. The molecule has 0 aliphatic rings. The maximum absolute atomic E-state index is 13.5. The first kappa shape index (κ1) is 15.4. The van der Waals surface area contributed by atoms with E-state index in [9.17, 15) is 12.8 Å². The molecular weight excluding hydrogens is 271 g/mol. The van der Waals surface area contributed by atoms with Crippen molar-refractivity contribution in [1.29, 1.82) is 5.26 Å². The molecule has 0 radical (unpaired) electrons. The lowest BCUT2D eigenvalue weighted by Gasteiger charge is -2.15. The smallest absolute Gasteiger partial charge is 0.209 e. The Balaban J connectivity index is 2.68. The van der Waals surface area contributed by atoms with E-state index in [2.05, 4.69) is 0 Å². The van der Waals surface area contributed by atoms with Crippen LogP contribution in [0.15, 0.2) is 18.2 Å². The van der Waals surface area contributed by atoms with E-state index >= 15 is 0 Å². The van der Waals surface area contributed by atoms with Gasteiger partial charge in [0.15, 0.2) is 11.6 Å². The van der Waals surface area contributed by atoms with E-state index < -0.39 is 15.8 Å². The number of sulfonamides is 1. The molecule has 0 heterocycles. The number of primary sulfonamides is 1. The van der Waals surface area contributed by atoms with E-state index in [0.717, 1.165) is 6.07 Å². The topological polar surface area (TPSA) is 93.2 Å². The molecule has 0 saturated carbocycles. The minimum atomic E-state index is -3.58. The number of benzene rings is 1. The zero-order chi connectivity index (χ0) is 14.5. The molecule has 0 aromatic heterocycles. The van der Waals surface area contributed by atoms with Gasteiger partial charge in [-0.15, -0.1) is 0 Å². The zero-order valence-corrected chi connectivity index (χ0v) is 11.3. The molecule has 0 spiro atoms. The molecule has 1 aromatic carbocycles. The first-order valence-electron chi connectivity index (χ1n) is 5.68. The maximum atomic E-state index is 13.5. The van der Waals surface area contributed by atoms with Gasteiger partial charge < -0.3 is 4.74 Å². The van der Waals surface area contributed by atoms with Crippen molar-refractivity contribution < 1.29 is 17.5 Å². The Kier molecular flexibility index (Phi) is 5.27. The summed E-state index contributed by atoms with van der Waals surface area (Å²) in [5.41, 5.74) is 0.196. The molecule has 5 nitrogen and oxygen atoms in total. The van der Waals surface area contributed by atoms with Gasteiger partial charge in [0.2, 0.25) is 10.0 Å². The summed E-state index contributed by atoms with van der Waals surface area (Å²) in [6, 6.07) is 5.65. The van der Waals surface area contributed by atoms with Crippen LogP contribution in [-0.4, -0.2) is 20.8 Å². The van der Waals surface area contributed by atoms with Crippen molar-refractivity contribution in [2.24, 2.45) is 11.1 Å². The molecule has 0 saturated heterocycles. The summed E-state index contributed by atoms with van der Waals surface area (Å²) >= 11 is 0. The minimum absolute atomic E-state index is 0.00753. The van der Waals surface area contributed by atoms with E-state index in [-0.39, 0.29) is 29.6 Å². The number of nitrogens with zero attached hydrogens (tertiary/aromatic N) is 1. The Labute approximate surface area is 111 Å². The lowest BCUT2D eigenvalue weighted by atomic mass is 10.1. The normalized spacial score (nSPS) is 12.7. The van der Waals surface area contributed by atoms with E-state index in [1.807, 2.05) is 6.07 Å². The van der Waals surface area contributed by atoms with Crippen molar-refractivity contribution in [2.45, 2.75) is 13.3 Å². The van der Waals surface area contributed by atoms with Crippen LogP contribution in [0.3, 0.4) is 0 Å². The fourth-order valence-corrected chi connectivity index (χ4v) is 2.50. The second-order valence-corrected chi connectivity index (χ2v) is 5.83. The van der Waals surface area contributed by atoms with E-state index in [1.54, 1.807) is 6.92 Å². The summed E-state index contributed by atoms with van der Waals surface area (Å²) in [6.07, 6.45) is 0.550. The Hall–Kier alpha value is -1.65. The average molecular weight is 286 g/mol. The third-order valence-corrected chi connectivity index (χ3v) is 3.52. The predicted octanol–water partition coefficient (Wildman–Crippen LogP) is 1.39. The molecule has 0 aliphatic carbocycles. The van der Waals surface area contributed by atoms with Gasteiger partial charge in [0.1, 0.15) is 0 Å². The van der Waals surface area contributed by atoms with Crippen LogP contribution < -0.4 is 9.88 Å². The molecule has 1 aromatic rings. The molecule has 1 rings (SSSR count). The standard InChI is InChI=1S/C12H15FN2O3S/c1-2-9(8-19(15,16)17)7-18-12-4-3-10(6-14)5-11(12)13/h3-5,9H,2,7-8H2,1H3,(H2,15,16,17). The van der Waals surface area contributed by atoms with E-state index in [4.69, 9.17) is 15.1 Å². The highest BCUT2D eigenvalue weighted by Gasteiger charge is 2.16. The van der Waals surface area contributed by atoms with Gasteiger partial charge in [-0.2, -0.15) is 5.26 Å². The first-order valence-corrected chi connectivity index (χ1v) is 7.40. The first-order chi connectivity index (χ1) is 8.85. The van der Waals surface area contributed by atoms with Crippen LogP contribution in [0.1, 0.15) is 18.9 Å². The average Bonchev–Trinajstić information content (AvgIpc) is 2.34.